The van der Waals surface area contributed by atoms with E-state index in [2.05, 4.69) is 16.3 Å². The first kappa shape index (κ1) is 20.4. The summed E-state index contributed by atoms with van der Waals surface area (Å²) in [5.41, 5.74) is 3.17. The molecule has 0 saturated carbocycles. The van der Waals surface area contributed by atoms with Crippen LogP contribution in [0.5, 0.6) is 0 Å². The summed E-state index contributed by atoms with van der Waals surface area (Å²) >= 11 is 1.64. The fraction of sp³-hybridized carbons (Fsp3) is 0.364. The number of benzene rings is 2. The number of thioether (sulfide) groups is 1. The lowest BCUT2D eigenvalue weighted by atomic mass is 10.1. The van der Waals surface area contributed by atoms with Gasteiger partial charge in [-0.25, -0.2) is 0 Å². The quantitative estimate of drug-likeness (QED) is 0.730. The van der Waals surface area contributed by atoms with E-state index in [0.29, 0.717) is 13.1 Å². The number of nitrogens with one attached hydrogen (secondary N) is 1. The summed E-state index contributed by atoms with van der Waals surface area (Å²) in [6.45, 7) is 1.74. The maximum absolute atomic E-state index is 12.7. The molecule has 148 valence electrons. The van der Waals surface area contributed by atoms with Crippen LogP contribution in [-0.4, -0.2) is 43.6 Å². The Bertz CT molecular complexity index is 853. The van der Waals surface area contributed by atoms with Crippen LogP contribution in [0.3, 0.4) is 0 Å². The summed E-state index contributed by atoms with van der Waals surface area (Å²) < 4.78 is 0. The lowest BCUT2D eigenvalue weighted by Crippen LogP contribution is -2.33. The maximum Gasteiger partial charge on any atom is 0.227 e. The van der Waals surface area contributed by atoms with Crippen LogP contribution in [0.15, 0.2) is 53.4 Å². The van der Waals surface area contributed by atoms with Gasteiger partial charge in [-0.1, -0.05) is 30.3 Å². The van der Waals surface area contributed by atoms with Crippen LogP contribution in [-0.2, 0) is 22.7 Å². The molecule has 0 unspecified atom stereocenters. The van der Waals surface area contributed by atoms with Gasteiger partial charge < -0.3 is 15.1 Å². The lowest BCUT2D eigenvalue weighted by Gasteiger charge is -2.18. The minimum Gasteiger partial charge on any atom is -0.352 e. The monoisotopic (exact) mass is 397 g/mol. The first-order valence-corrected chi connectivity index (χ1v) is 10.6. The first-order chi connectivity index (χ1) is 13.5. The second-order valence-corrected chi connectivity index (χ2v) is 8.21. The molecule has 1 aliphatic rings. The number of anilines is 1. The van der Waals surface area contributed by atoms with Crippen LogP contribution >= 0.6 is 11.8 Å². The molecule has 2 amide bonds. The predicted octanol–water partition coefficient (Wildman–Crippen LogP) is 3.14. The summed E-state index contributed by atoms with van der Waals surface area (Å²) in [7, 11) is 4.06. The van der Waals surface area contributed by atoms with E-state index in [4.69, 9.17) is 0 Å². The summed E-state index contributed by atoms with van der Waals surface area (Å²) in [5.74, 6) is -0.366. The van der Waals surface area contributed by atoms with Gasteiger partial charge in [-0.05, 0) is 49.7 Å². The Kier molecular flexibility index (Phi) is 6.75. The number of hydrogen-bond donors (Lipinski definition) is 1. The average Bonchev–Trinajstić information content (AvgIpc) is 3.08. The fourth-order valence-electron chi connectivity index (χ4n) is 3.46. The molecular weight excluding hydrogens is 370 g/mol. The van der Waals surface area contributed by atoms with E-state index in [1.54, 1.807) is 16.7 Å². The van der Waals surface area contributed by atoms with E-state index >= 15 is 0 Å². The molecule has 1 fully saturated rings. The van der Waals surface area contributed by atoms with Crippen molar-refractivity contribution < 1.29 is 9.59 Å². The second kappa shape index (κ2) is 9.26. The smallest absolute Gasteiger partial charge is 0.227 e. The van der Waals surface area contributed by atoms with Gasteiger partial charge in [0.15, 0.2) is 0 Å². The van der Waals surface area contributed by atoms with Crippen molar-refractivity contribution in [3.05, 3.63) is 59.7 Å². The second-order valence-electron chi connectivity index (χ2n) is 7.33. The number of carbonyl (C=O) groups excluding carboxylic acids is 2. The molecule has 0 radical (unpaired) electrons. The van der Waals surface area contributed by atoms with Crippen LogP contribution in [0.1, 0.15) is 17.5 Å². The molecule has 1 heterocycles. The summed E-state index contributed by atoms with van der Waals surface area (Å²) in [4.78, 5) is 30.1. The van der Waals surface area contributed by atoms with E-state index in [-0.39, 0.29) is 24.2 Å². The number of carbonyl (C=O) groups is 2. The van der Waals surface area contributed by atoms with Crippen molar-refractivity contribution in [3.63, 3.8) is 0 Å². The zero-order valence-electron chi connectivity index (χ0n) is 16.6. The molecule has 3 rings (SSSR count). The van der Waals surface area contributed by atoms with Crippen molar-refractivity contribution in [3.8, 4) is 0 Å². The topological polar surface area (TPSA) is 52.7 Å². The van der Waals surface area contributed by atoms with E-state index < -0.39 is 0 Å². The van der Waals surface area contributed by atoms with Gasteiger partial charge in [-0.2, -0.15) is 0 Å². The Morgan fingerprint density at radius 2 is 1.93 bits per heavy atom. The molecule has 5 nitrogen and oxygen atoms in total. The van der Waals surface area contributed by atoms with Crippen LogP contribution in [0.2, 0.25) is 0 Å². The molecule has 0 aromatic heterocycles. The molecule has 28 heavy (non-hydrogen) atoms. The Morgan fingerprint density at radius 1 is 1.18 bits per heavy atom. The Balaban J connectivity index is 1.62. The van der Waals surface area contributed by atoms with Gasteiger partial charge in [0.2, 0.25) is 11.8 Å². The molecule has 2 aromatic rings. The molecule has 2 aromatic carbocycles. The first-order valence-electron chi connectivity index (χ1n) is 9.41. The Labute approximate surface area is 171 Å². The van der Waals surface area contributed by atoms with E-state index in [9.17, 15) is 9.59 Å². The number of hydrogen-bond acceptors (Lipinski definition) is 4. The van der Waals surface area contributed by atoms with Gasteiger partial charge in [-0.3, -0.25) is 9.59 Å². The van der Waals surface area contributed by atoms with Crippen LogP contribution < -0.4 is 10.2 Å². The van der Waals surface area contributed by atoms with Gasteiger partial charge in [0.1, 0.15) is 0 Å². The average molecular weight is 398 g/mol. The van der Waals surface area contributed by atoms with Gasteiger partial charge >= 0.3 is 0 Å². The maximum atomic E-state index is 12.7. The minimum atomic E-state index is -0.313. The van der Waals surface area contributed by atoms with Gasteiger partial charge in [-0.15, -0.1) is 11.8 Å². The third-order valence-electron chi connectivity index (χ3n) is 4.92. The number of rotatable bonds is 7. The molecule has 0 aliphatic carbocycles. The standard InChI is InChI=1S/C22H27N3O2S/c1-24(2)14-17-8-5-4-7-16(17)13-23-22(27)18-11-21(26)25(15-18)19-9-6-10-20(12-19)28-3/h4-10,12,18H,11,13-15H2,1-3H3,(H,23,27)/t18-/m0/s1. The molecule has 0 bridgehead atoms. The zero-order chi connectivity index (χ0) is 20.1. The third kappa shape index (κ3) is 4.94. The molecule has 1 saturated heterocycles. The van der Waals surface area contributed by atoms with Gasteiger partial charge in [0.25, 0.3) is 0 Å². The molecule has 6 heteroatoms. The van der Waals surface area contributed by atoms with Crippen LogP contribution in [0.4, 0.5) is 5.69 Å². The normalized spacial score (nSPS) is 16.6. The molecule has 0 spiro atoms. The van der Waals surface area contributed by atoms with E-state index in [1.165, 1.54) is 5.56 Å². The lowest BCUT2D eigenvalue weighted by molar-refractivity contribution is -0.126. The number of amides is 2. The Hall–Kier alpha value is -2.31. The molecule has 1 N–H and O–H groups in total. The van der Waals surface area contributed by atoms with Crippen molar-refractivity contribution >= 4 is 29.3 Å². The highest BCUT2D eigenvalue weighted by Crippen LogP contribution is 2.28. The summed E-state index contributed by atoms with van der Waals surface area (Å²) in [6.07, 6.45) is 2.27. The highest BCUT2D eigenvalue weighted by atomic mass is 32.2. The molecule has 1 aliphatic heterocycles. The molecule has 1 atom stereocenters. The molecular formula is C22H27N3O2S. The number of nitrogens with zero attached hydrogens (tertiary/aromatic N) is 2. The van der Waals surface area contributed by atoms with Crippen molar-refractivity contribution in [2.75, 3.05) is 31.8 Å². The summed E-state index contributed by atoms with van der Waals surface area (Å²) in [6, 6.07) is 16.0. The fourth-order valence-corrected chi connectivity index (χ4v) is 3.92. The van der Waals surface area contributed by atoms with Crippen LogP contribution in [0.25, 0.3) is 0 Å². The van der Waals surface area contributed by atoms with E-state index in [0.717, 1.165) is 22.7 Å². The highest BCUT2D eigenvalue weighted by molar-refractivity contribution is 7.98. The minimum absolute atomic E-state index is 0.00594. The van der Waals surface area contributed by atoms with Gasteiger partial charge in [0, 0.05) is 36.6 Å². The predicted molar refractivity (Wildman–Crippen MR) is 114 cm³/mol. The van der Waals surface area contributed by atoms with Gasteiger partial charge in [0.05, 0.1) is 5.92 Å². The van der Waals surface area contributed by atoms with Crippen molar-refractivity contribution in [2.24, 2.45) is 5.92 Å². The summed E-state index contributed by atoms with van der Waals surface area (Å²) in [5, 5.41) is 3.03. The van der Waals surface area contributed by atoms with Crippen molar-refractivity contribution in [1.29, 1.82) is 0 Å². The highest BCUT2D eigenvalue weighted by Gasteiger charge is 2.35. The van der Waals surface area contributed by atoms with E-state index in [1.807, 2.05) is 62.8 Å². The van der Waals surface area contributed by atoms with Crippen molar-refractivity contribution in [2.45, 2.75) is 24.4 Å². The van der Waals surface area contributed by atoms with Crippen LogP contribution in [0, 0.1) is 5.92 Å². The third-order valence-corrected chi connectivity index (χ3v) is 5.64. The van der Waals surface area contributed by atoms with Crippen molar-refractivity contribution in [1.82, 2.24) is 10.2 Å². The Morgan fingerprint density at radius 3 is 2.64 bits per heavy atom. The zero-order valence-corrected chi connectivity index (χ0v) is 17.5. The largest absolute Gasteiger partial charge is 0.352 e. The SMILES string of the molecule is CSc1cccc(N2C[C@@H](C(=O)NCc3ccccc3CN(C)C)CC2=O)c1.